The Morgan fingerprint density at radius 3 is 2.38 bits per heavy atom. The van der Waals surface area contributed by atoms with Crippen LogP contribution < -0.4 is 5.32 Å². The molecule has 1 N–H and O–H groups in total. The summed E-state index contributed by atoms with van der Waals surface area (Å²) in [6.07, 6.45) is 4.12. The number of benzene rings is 1. The molecule has 3 heteroatoms. The molecule has 0 fully saturated rings. The SMILES string of the molecule is CC(C)Cc1ccc(C(C)NCCc2ccn(C)n2)cc1. The molecule has 0 saturated carbocycles. The summed E-state index contributed by atoms with van der Waals surface area (Å²) in [5.41, 5.74) is 3.92. The highest BCUT2D eigenvalue weighted by Crippen LogP contribution is 2.15. The minimum atomic E-state index is 0.377. The molecule has 2 aromatic rings. The van der Waals surface area contributed by atoms with Crippen LogP contribution >= 0.6 is 0 Å². The minimum Gasteiger partial charge on any atom is -0.310 e. The van der Waals surface area contributed by atoms with Crippen molar-refractivity contribution in [3.05, 3.63) is 53.3 Å². The van der Waals surface area contributed by atoms with Crippen LogP contribution in [0.3, 0.4) is 0 Å². The van der Waals surface area contributed by atoms with Gasteiger partial charge in [-0.3, -0.25) is 4.68 Å². The Balaban J connectivity index is 1.81. The Morgan fingerprint density at radius 1 is 1.10 bits per heavy atom. The van der Waals surface area contributed by atoms with Crippen LogP contribution in [0.5, 0.6) is 0 Å². The van der Waals surface area contributed by atoms with Gasteiger partial charge in [0.1, 0.15) is 0 Å². The van der Waals surface area contributed by atoms with Crippen molar-refractivity contribution in [1.82, 2.24) is 15.1 Å². The van der Waals surface area contributed by atoms with Crippen LogP contribution in [0.15, 0.2) is 36.5 Å². The van der Waals surface area contributed by atoms with E-state index >= 15 is 0 Å². The summed E-state index contributed by atoms with van der Waals surface area (Å²) in [4.78, 5) is 0. The maximum Gasteiger partial charge on any atom is 0.0637 e. The molecule has 0 amide bonds. The zero-order valence-corrected chi connectivity index (χ0v) is 13.6. The summed E-state index contributed by atoms with van der Waals surface area (Å²) in [6.45, 7) is 7.69. The topological polar surface area (TPSA) is 29.9 Å². The maximum atomic E-state index is 4.40. The zero-order valence-electron chi connectivity index (χ0n) is 13.6. The van der Waals surface area contributed by atoms with Gasteiger partial charge in [-0.1, -0.05) is 38.1 Å². The van der Waals surface area contributed by atoms with Crippen LogP contribution in [0.4, 0.5) is 0 Å². The average molecular weight is 285 g/mol. The molecule has 0 bridgehead atoms. The average Bonchev–Trinajstić information content (AvgIpc) is 2.84. The predicted octanol–water partition coefficient (Wildman–Crippen LogP) is 3.51. The highest BCUT2D eigenvalue weighted by molar-refractivity contribution is 5.25. The van der Waals surface area contributed by atoms with Gasteiger partial charge in [0.15, 0.2) is 0 Å². The van der Waals surface area contributed by atoms with Crippen molar-refractivity contribution >= 4 is 0 Å². The Bertz CT molecular complexity index is 540. The summed E-state index contributed by atoms with van der Waals surface area (Å²) in [5.74, 6) is 0.713. The number of hydrogen-bond donors (Lipinski definition) is 1. The third-order valence-corrected chi connectivity index (χ3v) is 3.72. The van der Waals surface area contributed by atoms with Gasteiger partial charge in [0.25, 0.3) is 0 Å². The number of aromatic nitrogens is 2. The van der Waals surface area contributed by atoms with E-state index in [1.165, 1.54) is 11.1 Å². The van der Waals surface area contributed by atoms with E-state index in [9.17, 15) is 0 Å². The first-order valence-electron chi connectivity index (χ1n) is 7.85. The largest absolute Gasteiger partial charge is 0.310 e. The van der Waals surface area contributed by atoms with Crippen LogP contribution in [0, 0.1) is 5.92 Å². The quantitative estimate of drug-likeness (QED) is 0.843. The van der Waals surface area contributed by atoms with Crippen molar-refractivity contribution in [3.8, 4) is 0 Å². The molecule has 0 aliphatic carbocycles. The molecule has 0 saturated heterocycles. The van der Waals surface area contributed by atoms with Crippen LogP contribution in [-0.4, -0.2) is 16.3 Å². The Labute approximate surface area is 128 Å². The van der Waals surface area contributed by atoms with Crippen molar-refractivity contribution < 1.29 is 0 Å². The molecule has 0 aliphatic rings. The molecule has 1 aromatic heterocycles. The lowest BCUT2D eigenvalue weighted by molar-refractivity contribution is 0.570. The molecule has 0 spiro atoms. The number of hydrogen-bond acceptors (Lipinski definition) is 2. The Kier molecular flexibility index (Phi) is 5.57. The van der Waals surface area contributed by atoms with E-state index in [1.807, 2.05) is 17.9 Å². The van der Waals surface area contributed by atoms with E-state index in [1.54, 1.807) is 0 Å². The maximum absolute atomic E-state index is 4.40. The molecule has 1 aromatic carbocycles. The molecule has 114 valence electrons. The number of rotatable bonds is 7. The predicted molar refractivity (Wildman–Crippen MR) is 88.3 cm³/mol. The molecular weight excluding hydrogens is 258 g/mol. The lowest BCUT2D eigenvalue weighted by atomic mass is 10.00. The standard InChI is InChI=1S/C18H27N3/c1-14(2)13-16-5-7-17(8-6-16)15(3)19-11-9-18-10-12-21(4)20-18/h5-8,10,12,14-15,19H,9,11,13H2,1-4H3. The van der Waals surface area contributed by atoms with E-state index in [-0.39, 0.29) is 0 Å². The summed E-state index contributed by atoms with van der Waals surface area (Å²) < 4.78 is 1.85. The van der Waals surface area contributed by atoms with Gasteiger partial charge < -0.3 is 5.32 Å². The van der Waals surface area contributed by atoms with E-state index in [0.29, 0.717) is 12.0 Å². The fourth-order valence-electron chi connectivity index (χ4n) is 2.54. The van der Waals surface area contributed by atoms with Crippen LogP contribution in [0.25, 0.3) is 0 Å². The highest BCUT2D eigenvalue weighted by atomic mass is 15.2. The molecule has 0 radical (unpaired) electrons. The van der Waals surface area contributed by atoms with Crippen LogP contribution in [0.2, 0.25) is 0 Å². The summed E-state index contributed by atoms with van der Waals surface area (Å²) in [7, 11) is 1.96. The molecule has 2 rings (SSSR count). The first kappa shape index (κ1) is 15.8. The first-order chi connectivity index (χ1) is 10.0. The lowest BCUT2D eigenvalue weighted by Crippen LogP contribution is -2.21. The van der Waals surface area contributed by atoms with Crippen molar-refractivity contribution in [3.63, 3.8) is 0 Å². The molecule has 3 nitrogen and oxygen atoms in total. The van der Waals surface area contributed by atoms with Crippen molar-refractivity contribution in [2.24, 2.45) is 13.0 Å². The van der Waals surface area contributed by atoms with Crippen molar-refractivity contribution in [1.29, 1.82) is 0 Å². The van der Waals surface area contributed by atoms with Crippen LogP contribution in [-0.2, 0) is 19.9 Å². The van der Waals surface area contributed by atoms with Gasteiger partial charge in [0.05, 0.1) is 5.69 Å². The van der Waals surface area contributed by atoms with E-state index in [0.717, 1.165) is 25.1 Å². The van der Waals surface area contributed by atoms with Gasteiger partial charge >= 0.3 is 0 Å². The lowest BCUT2D eigenvalue weighted by Gasteiger charge is -2.15. The molecule has 1 unspecified atom stereocenters. The van der Waals surface area contributed by atoms with Gasteiger partial charge in [0, 0.05) is 32.3 Å². The molecular formula is C18H27N3. The monoisotopic (exact) mass is 285 g/mol. The first-order valence-corrected chi connectivity index (χ1v) is 7.85. The second-order valence-corrected chi connectivity index (χ2v) is 6.25. The third kappa shape index (κ3) is 5.01. The van der Waals surface area contributed by atoms with Crippen molar-refractivity contribution in [2.75, 3.05) is 6.54 Å². The fraction of sp³-hybridized carbons (Fsp3) is 0.500. The number of aryl methyl sites for hydroxylation is 1. The van der Waals surface area contributed by atoms with E-state index in [4.69, 9.17) is 0 Å². The van der Waals surface area contributed by atoms with Gasteiger partial charge in [-0.15, -0.1) is 0 Å². The molecule has 21 heavy (non-hydrogen) atoms. The summed E-state index contributed by atoms with van der Waals surface area (Å²) in [5, 5.41) is 7.96. The van der Waals surface area contributed by atoms with Crippen LogP contribution in [0.1, 0.15) is 43.6 Å². The number of nitrogens with zero attached hydrogens (tertiary/aromatic N) is 2. The number of nitrogens with one attached hydrogen (secondary N) is 1. The van der Waals surface area contributed by atoms with Crippen molar-refractivity contribution in [2.45, 2.75) is 39.7 Å². The van der Waals surface area contributed by atoms with E-state index in [2.05, 4.69) is 61.5 Å². The highest BCUT2D eigenvalue weighted by Gasteiger charge is 2.06. The van der Waals surface area contributed by atoms with Gasteiger partial charge in [-0.05, 0) is 36.5 Å². The summed E-state index contributed by atoms with van der Waals surface area (Å²) >= 11 is 0. The van der Waals surface area contributed by atoms with Gasteiger partial charge in [0.2, 0.25) is 0 Å². The molecule has 0 aliphatic heterocycles. The zero-order chi connectivity index (χ0) is 15.2. The van der Waals surface area contributed by atoms with E-state index < -0.39 is 0 Å². The van der Waals surface area contributed by atoms with Gasteiger partial charge in [-0.2, -0.15) is 5.10 Å². The summed E-state index contributed by atoms with van der Waals surface area (Å²) in [6, 6.07) is 11.5. The minimum absolute atomic E-state index is 0.377. The smallest absolute Gasteiger partial charge is 0.0637 e. The molecule has 1 heterocycles. The molecule has 1 atom stereocenters. The fourth-order valence-corrected chi connectivity index (χ4v) is 2.54. The third-order valence-electron chi connectivity index (χ3n) is 3.72. The Hall–Kier alpha value is -1.61. The normalized spacial score (nSPS) is 12.8. The second-order valence-electron chi connectivity index (χ2n) is 6.25. The second kappa shape index (κ2) is 7.41. The Morgan fingerprint density at radius 2 is 1.81 bits per heavy atom. The van der Waals surface area contributed by atoms with Gasteiger partial charge in [-0.25, -0.2) is 0 Å².